The highest BCUT2D eigenvalue weighted by Crippen LogP contribution is 2.30. The van der Waals surface area contributed by atoms with Crippen LogP contribution in [0.5, 0.6) is 0 Å². The van der Waals surface area contributed by atoms with Crippen molar-refractivity contribution in [2.75, 3.05) is 37.7 Å². The highest BCUT2D eigenvalue weighted by Gasteiger charge is 2.31. The number of aryl methyl sites for hydroxylation is 1. The summed E-state index contributed by atoms with van der Waals surface area (Å²) in [6.07, 6.45) is 3.49. The zero-order valence-electron chi connectivity index (χ0n) is 18.3. The van der Waals surface area contributed by atoms with E-state index < -0.39 is 0 Å². The predicted molar refractivity (Wildman–Crippen MR) is 119 cm³/mol. The maximum Gasteiger partial charge on any atom is 0.168 e. The number of anilines is 1. The van der Waals surface area contributed by atoms with E-state index in [0.29, 0.717) is 5.92 Å². The van der Waals surface area contributed by atoms with Crippen molar-refractivity contribution in [2.24, 2.45) is 5.92 Å². The van der Waals surface area contributed by atoms with Crippen LogP contribution in [-0.2, 0) is 11.3 Å². The monoisotopic (exact) mass is 432 g/mol. The molecular weight excluding hydrogens is 400 g/mol. The summed E-state index contributed by atoms with van der Waals surface area (Å²) in [5, 5.41) is 13.6. The van der Waals surface area contributed by atoms with Crippen molar-refractivity contribution in [3.05, 3.63) is 34.6 Å². The first-order valence-electron chi connectivity index (χ1n) is 11.1. The minimum Gasteiger partial charge on any atom is -0.376 e. The quantitative estimate of drug-likeness (QED) is 0.664. The molecule has 3 heterocycles. The fourth-order valence-electron chi connectivity index (χ4n) is 4.62. The molecule has 30 heavy (non-hydrogen) atoms. The highest BCUT2D eigenvalue weighted by molar-refractivity contribution is 6.30. The van der Waals surface area contributed by atoms with Crippen LogP contribution in [0.1, 0.15) is 50.5 Å². The van der Waals surface area contributed by atoms with E-state index in [1.165, 1.54) is 11.3 Å². The highest BCUT2D eigenvalue weighted by atomic mass is 35.5. The normalized spacial score (nSPS) is 21.5. The molecule has 2 atom stereocenters. The van der Waals surface area contributed by atoms with E-state index in [1.54, 1.807) is 0 Å². The fourth-order valence-corrected chi connectivity index (χ4v) is 4.79. The smallest absolute Gasteiger partial charge is 0.168 e. The zero-order valence-corrected chi connectivity index (χ0v) is 19.1. The van der Waals surface area contributed by atoms with Crippen LogP contribution in [0, 0.1) is 12.8 Å². The Morgan fingerprint density at radius 3 is 2.70 bits per heavy atom. The van der Waals surface area contributed by atoms with Gasteiger partial charge in [0.15, 0.2) is 5.82 Å². The first-order chi connectivity index (χ1) is 14.5. The Hall–Kier alpha value is -1.70. The average molecular weight is 433 g/mol. The van der Waals surface area contributed by atoms with Crippen LogP contribution in [-0.4, -0.2) is 64.0 Å². The lowest BCUT2D eigenvalue weighted by Crippen LogP contribution is -2.48. The van der Waals surface area contributed by atoms with Gasteiger partial charge in [-0.1, -0.05) is 31.5 Å². The molecule has 0 N–H and O–H groups in total. The van der Waals surface area contributed by atoms with E-state index in [1.807, 2.05) is 10.7 Å². The van der Waals surface area contributed by atoms with Crippen LogP contribution in [0.15, 0.2) is 18.2 Å². The van der Waals surface area contributed by atoms with Crippen molar-refractivity contribution < 1.29 is 4.74 Å². The Morgan fingerprint density at radius 1 is 1.20 bits per heavy atom. The molecule has 0 bridgehead atoms. The summed E-state index contributed by atoms with van der Waals surface area (Å²) in [6, 6.07) is 6.37. The van der Waals surface area contributed by atoms with Gasteiger partial charge < -0.3 is 9.64 Å². The summed E-state index contributed by atoms with van der Waals surface area (Å²) >= 11 is 6.25. The number of tetrazole rings is 1. The summed E-state index contributed by atoms with van der Waals surface area (Å²) < 4.78 is 7.81. The number of rotatable bonds is 7. The lowest BCUT2D eigenvalue weighted by molar-refractivity contribution is 0.0885. The molecule has 2 aliphatic heterocycles. The van der Waals surface area contributed by atoms with Crippen molar-refractivity contribution in [1.82, 2.24) is 25.1 Å². The van der Waals surface area contributed by atoms with Gasteiger partial charge in [0.1, 0.15) is 0 Å². The Balaban J connectivity index is 1.48. The maximum atomic E-state index is 6.25. The molecule has 2 fully saturated rings. The Labute approximate surface area is 184 Å². The van der Waals surface area contributed by atoms with Crippen molar-refractivity contribution in [3.63, 3.8) is 0 Å². The van der Waals surface area contributed by atoms with E-state index in [9.17, 15) is 0 Å². The average Bonchev–Trinajstić information content (AvgIpc) is 3.41. The summed E-state index contributed by atoms with van der Waals surface area (Å²) in [4.78, 5) is 4.99. The van der Waals surface area contributed by atoms with E-state index in [0.717, 1.165) is 69.4 Å². The van der Waals surface area contributed by atoms with Gasteiger partial charge in [0.05, 0.1) is 18.7 Å². The molecule has 7 nitrogen and oxygen atoms in total. The van der Waals surface area contributed by atoms with Crippen LogP contribution < -0.4 is 4.90 Å². The number of hydrogen-bond donors (Lipinski definition) is 0. The van der Waals surface area contributed by atoms with Crippen molar-refractivity contribution in [3.8, 4) is 0 Å². The van der Waals surface area contributed by atoms with Crippen molar-refractivity contribution >= 4 is 17.3 Å². The number of ether oxygens (including phenoxy) is 1. The number of nitrogens with zero attached hydrogens (tertiary/aromatic N) is 6. The van der Waals surface area contributed by atoms with E-state index in [4.69, 9.17) is 16.3 Å². The molecule has 4 rings (SSSR count). The molecule has 1 aromatic carbocycles. The Kier molecular flexibility index (Phi) is 6.91. The molecule has 8 heteroatoms. The topological polar surface area (TPSA) is 59.3 Å². The molecule has 2 aromatic rings. The van der Waals surface area contributed by atoms with Crippen molar-refractivity contribution in [2.45, 2.75) is 58.7 Å². The molecule has 2 saturated heterocycles. The van der Waals surface area contributed by atoms with Crippen molar-refractivity contribution in [1.29, 1.82) is 0 Å². The van der Waals surface area contributed by atoms with E-state index in [2.05, 4.69) is 58.2 Å². The van der Waals surface area contributed by atoms with Gasteiger partial charge in [-0.3, -0.25) is 4.90 Å². The fraction of sp³-hybridized carbons (Fsp3) is 0.682. The number of aromatic nitrogens is 4. The van der Waals surface area contributed by atoms with Gasteiger partial charge in [-0.2, -0.15) is 0 Å². The number of hydrogen-bond acceptors (Lipinski definition) is 6. The predicted octanol–water partition coefficient (Wildman–Crippen LogP) is 3.72. The first kappa shape index (κ1) is 21.5. The Bertz CT molecular complexity index is 827. The van der Waals surface area contributed by atoms with Gasteiger partial charge in [-0.05, 0) is 60.2 Å². The second-order valence-electron chi connectivity index (χ2n) is 8.95. The standard InChI is InChI=1S/C22H33ClN6O/c1-16(2)13-21(22-24-25-26-29(22)15-19-5-4-12-30-19)28-10-8-27(9-11-28)20-14-18(23)7-6-17(20)3/h6-7,14,16,19,21H,4-5,8-13,15H2,1-3H3. The third-order valence-electron chi connectivity index (χ3n) is 6.22. The molecule has 2 aliphatic rings. The summed E-state index contributed by atoms with van der Waals surface area (Å²) in [7, 11) is 0. The van der Waals surface area contributed by atoms with E-state index >= 15 is 0 Å². The third kappa shape index (κ3) is 4.95. The number of piperazine rings is 1. The summed E-state index contributed by atoms with van der Waals surface area (Å²) in [5.74, 6) is 1.54. The van der Waals surface area contributed by atoms with Crippen LogP contribution in [0.2, 0.25) is 5.02 Å². The lowest BCUT2D eigenvalue weighted by atomic mass is 10.0. The van der Waals surface area contributed by atoms with Gasteiger partial charge in [-0.25, -0.2) is 4.68 Å². The molecule has 1 aromatic heterocycles. The van der Waals surface area contributed by atoms with Crippen LogP contribution in [0.3, 0.4) is 0 Å². The second kappa shape index (κ2) is 9.62. The zero-order chi connectivity index (χ0) is 21.1. The summed E-state index contributed by atoms with van der Waals surface area (Å²) in [5.41, 5.74) is 2.51. The van der Waals surface area contributed by atoms with Gasteiger partial charge in [0, 0.05) is 43.5 Å². The maximum absolute atomic E-state index is 6.25. The minimum absolute atomic E-state index is 0.226. The van der Waals surface area contributed by atoms with Crippen LogP contribution in [0.4, 0.5) is 5.69 Å². The van der Waals surface area contributed by atoms with Gasteiger partial charge in [0.25, 0.3) is 0 Å². The molecule has 0 spiro atoms. The minimum atomic E-state index is 0.226. The second-order valence-corrected chi connectivity index (χ2v) is 9.39. The van der Waals surface area contributed by atoms with Crippen LogP contribution >= 0.6 is 11.6 Å². The first-order valence-corrected chi connectivity index (χ1v) is 11.5. The molecular formula is C22H33ClN6O. The number of halogens is 1. The van der Waals surface area contributed by atoms with Gasteiger partial charge in [0.2, 0.25) is 0 Å². The third-order valence-corrected chi connectivity index (χ3v) is 6.45. The molecule has 0 aliphatic carbocycles. The SMILES string of the molecule is Cc1ccc(Cl)cc1N1CCN(C(CC(C)C)c2nnnn2CC2CCCO2)CC1. The molecule has 0 saturated carbocycles. The largest absolute Gasteiger partial charge is 0.376 e. The summed E-state index contributed by atoms with van der Waals surface area (Å²) in [6.45, 7) is 12.2. The van der Waals surface area contributed by atoms with Gasteiger partial charge >= 0.3 is 0 Å². The number of benzene rings is 1. The molecule has 0 amide bonds. The molecule has 2 unspecified atom stereocenters. The molecule has 0 radical (unpaired) electrons. The van der Waals surface area contributed by atoms with Gasteiger partial charge in [-0.15, -0.1) is 5.10 Å². The molecule has 164 valence electrons. The van der Waals surface area contributed by atoms with E-state index in [-0.39, 0.29) is 12.1 Å². The van der Waals surface area contributed by atoms with Crippen LogP contribution in [0.25, 0.3) is 0 Å². The Morgan fingerprint density at radius 2 is 2.00 bits per heavy atom. The lowest BCUT2D eigenvalue weighted by Gasteiger charge is -2.40.